The fourth-order valence-corrected chi connectivity index (χ4v) is 2.14. The quantitative estimate of drug-likeness (QED) is 0.609. The van der Waals surface area contributed by atoms with Crippen molar-refractivity contribution in [2.45, 2.75) is 18.2 Å². The van der Waals surface area contributed by atoms with Gasteiger partial charge in [-0.25, -0.2) is 0 Å². The van der Waals surface area contributed by atoms with E-state index >= 15 is 0 Å². The number of hydrogen-bond donors (Lipinski definition) is 1. The molecule has 1 aromatic carbocycles. The van der Waals surface area contributed by atoms with Gasteiger partial charge in [-0.2, -0.15) is 0 Å². The van der Waals surface area contributed by atoms with Crippen molar-refractivity contribution in [2.24, 2.45) is 0 Å². The number of nitrogens with one attached hydrogen (secondary N) is 1. The molecule has 6 heteroatoms. The highest BCUT2D eigenvalue weighted by atomic mass is 79.9. The van der Waals surface area contributed by atoms with Crippen LogP contribution in [0.4, 0.5) is 0 Å². The van der Waals surface area contributed by atoms with Crippen molar-refractivity contribution in [3.8, 4) is 0 Å². The fourth-order valence-electron chi connectivity index (χ4n) is 1.18. The van der Waals surface area contributed by atoms with Gasteiger partial charge in [0.15, 0.2) is 6.61 Å². The van der Waals surface area contributed by atoms with Crippen LogP contribution >= 0.6 is 27.7 Å². The van der Waals surface area contributed by atoms with E-state index in [1.807, 2.05) is 31.2 Å². The Labute approximate surface area is 125 Å². The minimum atomic E-state index is -0.389. The van der Waals surface area contributed by atoms with E-state index in [1.165, 1.54) is 11.8 Å². The number of amides is 1. The van der Waals surface area contributed by atoms with Gasteiger partial charge in [0.25, 0.3) is 5.91 Å². The van der Waals surface area contributed by atoms with Crippen LogP contribution in [0.1, 0.15) is 13.3 Å². The number of thioether (sulfide) groups is 1. The van der Waals surface area contributed by atoms with E-state index in [0.717, 1.165) is 15.8 Å². The summed E-state index contributed by atoms with van der Waals surface area (Å²) in [7, 11) is 0. The Bertz CT molecular complexity index is 422. The molecule has 19 heavy (non-hydrogen) atoms. The molecule has 0 heterocycles. The molecule has 0 aromatic heterocycles. The second-order valence-corrected chi connectivity index (χ2v) is 5.72. The van der Waals surface area contributed by atoms with Crippen molar-refractivity contribution in [1.29, 1.82) is 0 Å². The summed E-state index contributed by atoms with van der Waals surface area (Å²) in [5.41, 5.74) is 0. The van der Waals surface area contributed by atoms with E-state index in [0.29, 0.717) is 6.54 Å². The number of hydrogen-bond acceptors (Lipinski definition) is 4. The number of carbonyl (C=O) groups is 2. The van der Waals surface area contributed by atoms with Crippen LogP contribution in [0.25, 0.3) is 0 Å². The molecule has 0 saturated carbocycles. The average molecular weight is 346 g/mol. The van der Waals surface area contributed by atoms with Crippen molar-refractivity contribution in [3.05, 3.63) is 28.7 Å². The Hall–Kier alpha value is -1.01. The van der Waals surface area contributed by atoms with Gasteiger partial charge in [-0.1, -0.05) is 22.9 Å². The predicted molar refractivity (Wildman–Crippen MR) is 79.1 cm³/mol. The third-order valence-corrected chi connectivity index (χ3v) is 3.62. The van der Waals surface area contributed by atoms with Crippen molar-refractivity contribution in [3.63, 3.8) is 0 Å². The largest absolute Gasteiger partial charge is 0.455 e. The number of halogens is 1. The van der Waals surface area contributed by atoms with Gasteiger partial charge in [0, 0.05) is 15.9 Å². The van der Waals surface area contributed by atoms with Crippen molar-refractivity contribution < 1.29 is 14.3 Å². The van der Waals surface area contributed by atoms with Gasteiger partial charge in [-0.05, 0) is 30.7 Å². The van der Waals surface area contributed by atoms with Crippen LogP contribution in [0, 0.1) is 0 Å². The highest BCUT2D eigenvalue weighted by molar-refractivity contribution is 9.10. The minimum Gasteiger partial charge on any atom is -0.455 e. The van der Waals surface area contributed by atoms with E-state index in [9.17, 15) is 9.59 Å². The highest BCUT2D eigenvalue weighted by Gasteiger charge is 2.07. The standard InChI is InChI=1S/C13H16BrNO3S/c1-2-7-15-12(16)8-18-13(17)9-19-11-5-3-10(14)4-6-11/h3-6H,2,7-9H2,1H3,(H,15,16). The molecule has 0 atom stereocenters. The molecule has 1 amide bonds. The molecule has 0 unspecified atom stereocenters. The molecule has 0 saturated heterocycles. The molecule has 0 radical (unpaired) electrons. The molecule has 0 fully saturated rings. The summed E-state index contributed by atoms with van der Waals surface area (Å²) in [6.45, 7) is 2.35. The van der Waals surface area contributed by atoms with Crippen LogP contribution in [-0.4, -0.2) is 30.8 Å². The molecule has 0 bridgehead atoms. The van der Waals surface area contributed by atoms with Gasteiger partial charge in [-0.3, -0.25) is 9.59 Å². The lowest BCUT2D eigenvalue weighted by atomic mass is 10.4. The van der Waals surface area contributed by atoms with Gasteiger partial charge in [-0.15, -0.1) is 11.8 Å². The molecule has 0 aliphatic heterocycles. The normalized spacial score (nSPS) is 10.0. The Kier molecular flexibility index (Phi) is 7.59. The van der Waals surface area contributed by atoms with Crippen LogP contribution in [0.15, 0.2) is 33.6 Å². The number of carbonyl (C=O) groups excluding carboxylic acids is 2. The number of rotatable bonds is 7. The van der Waals surface area contributed by atoms with E-state index in [1.54, 1.807) is 0 Å². The summed E-state index contributed by atoms with van der Waals surface area (Å²) < 4.78 is 5.86. The van der Waals surface area contributed by atoms with Crippen LogP contribution < -0.4 is 5.32 Å². The Balaban J connectivity index is 2.21. The molecule has 1 rings (SSSR count). The molecule has 0 aliphatic carbocycles. The number of benzene rings is 1. The maximum Gasteiger partial charge on any atom is 0.316 e. The molecular weight excluding hydrogens is 330 g/mol. The van der Waals surface area contributed by atoms with Gasteiger partial charge >= 0.3 is 5.97 Å². The molecular formula is C13H16BrNO3S. The number of esters is 1. The van der Waals surface area contributed by atoms with Gasteiger partial charge in [0.1, 0.15) is 0 Å². The van der Waals surface area contributed by atoms with Crippen molar-refractivity contribution >= 4 is 39.6 Å². The lowest BCUT2D eigenvalue weighted by molar-refractivity contribution is -0.145. The maximum absolute atomic E-state index is 11.4. The zero-order chi connectivity index (χ0) is 14.1. The Morgan fingerprint density at radius 3 is 2.63 bits per heavy atom. The third-order valence-electron chi connectivity index (χ3n) is 2.11. The van der Waals surface area contributed by atoms with Crippen LogP contribution in [0.2, 0.25) is 0 Å². The first-order valence-corrected chi connectivity index (χ1v) is 7.70. The minimum absolute atomic E-state index is 0.197. The summed E-state index contributed by atoms with van der Waals surface area (Å²) in [4.78, 5) is 23.6. The first-order chi connectivity index (χ1) is 9.11. The maximum atomic E-state index is 11.4. The summed E-state index contributed by atoms with van der Waals surface area (Å²) in [5, 5.41) is 2.64. The summed E-state index contributed by atoms with van der Waals surface area (Å²) >= 11 is 4.72. The Morgan fingerprint density at radius 2 is 2.00 bits per heavy atom. The van der Waals surface area contributed by atoms with Crippen LogP contribution in [-0.2, 0) is 14.3 Å². The second-order valence-electron chi connectivity index (χ2n) is 3.75. The van der Waals surface area contributed by atoms with E-state index < -0.39 is 0 Å². The molecule has 1 aromatic rings. The average Bonchev–Trinajstić information content (AvgIpc) is 2.42. The summed E-state index contributed by atoms with van der Waals surface area (Å²) in [5.74, 6) is -0.453. The van der Waals surface area contributed by atoms with Crippen LogP contribution in [0.3, 0.4) is 0 Å². The highest BCUT2D eigenvalue weighted by Crippen LogP contribution is 2.20. The van der Waals surface area contributed by atoms with E-state index in [4.69, 9.17) is 4.74 Å². The zero-order valence-corrected chi connectivity index (χ0v) is 13.1. The molecule has 1 N–H and O–H groups in total. The lowest BCUT2D eigenvalue weighted by Gasteiger charge is -2.05. The molecule has 104 valence electrons. The van der Waals surface area contributed by atoms with Crippen molar-refractivity contribution in [1.82, 2.24) is 5.32 Å². The monoisotopic (exact) mass is 345 g/mol. The van der Waals surface area contributed by atoms with Gasteiger partial charge in [0.05, 0.1) is 5.75 Å². The fraction of sp³-hybridized carbons (Fsp3) is 0.385. The Morgan fingerprint density at radius 1 is 1.32 bits per heavy atom. The smallest absolute Gasteiger partial charge is 0.316 e. The first kappa shape index (κ1) is 16.0. The van der Waals surface area contributed by atoms with Gasteiger partial charge in [0.2, 0.25) is 0 Å². The summed E-state index contributed by atoms with van der Waals surface area (Å²) in [6.07, 6.45) is 0.860. The molecule has 0 spiro atoms. The zero-order valence-electron chi connectivity index (χ0n) is 10.6. The van der Waals surface area contributed by atoms with Gasteiger partial charge < -0.3 is 10.1 Å². The summed E-state index contributed by atoms with van der Waals surface area (Å²) in [6, 6.07) is 7.64. The van der Waals surface area contributed by atoms with Crippen molar-refractivity contribution in [2.75, 3.05) is 18.9 Å². The second kappa shape index (κ2) is 8.98. The predicted octanol–water partition coefficient (Wildman–Crippen LogP) is 2.61. The first-order valence-electron chi connectivity index (χ1n) is 5.92. The lowest BCUT2D eigenvalue weighted by Crippen LogP contribution is -2.29. The molecule has 0 aliphatic rings. The van der Waals surface area contributed by atoms with E-state index in [-0.39, 0.29) is 24.2 Å². The topological polar surface area (TPSA) is 55.4 Å². The number of ether oxygens (including phenoxy) is 1. The molecule has 4 nitrogen and oxygen atoms in total. The third kappa shape index (κ3) is 7.22. The van der Waals surface area contributed by atoms with Crippen LogP contribution in [0.5, 0.6) is 0 Å². The van der Waals surface area contributed by atoms with E-state index in [2.05, 4.69) is 21.2 Å². The SMILES string of the molecule is CCCNC(=O)COC(=O)CSc1ccc(Br)cc1.